The van der Waals surface area contributed by atoms with E-state index in [1.165, 1.54) is 55.5 Å². The highest BCUT2D eigenvalue weighted by atomic mass is 19.4. The molecule has 4 aliphatic rings. The number of aliphatic carboxylic acids is 1. The third kappa shape index (κ3) is 7.03. The Bertz CT molecular complexity index is 1930. The van der Waals surface area contributed by atoms with Crippen molar-refractivity contribution in [1.29, 1.82) is 0 Å². The summed E-state index contributed by atoms with van der Waals surface area (Å²) >= 11 is 0. The van der Waals surface area contributed by atoms with E-state index in [9.17, 15) is 18.0 Å². The molecule has 4 aromatic rings. The number of hydrogen-bond acceptors (Lipinski definition) is 9. The zero-order valence-corrected chi connectivity index (χ0v) is 29.2. The average molecular weight is 721 g/mol. The number of fused-ring (bicyclic) bond motifs is 2. The normalized spacial score (nSPS) is 20.8. The van der Waals surface area contributed by atoms with E-state index in [2.05, 4.69) is 62.4 Å². The van der Waals surface area contributed by atoms with Crippen molar-refractivity contribution >= 4 is 34.7 Å². The minimum Gasteiger partial charge on any atom is -0.475 e. The lowest BCUT2D eigenvalue weighted by atomic mass is 9.56. The second-order valence-electron chi connectivity index (χ2n) is 14.3. The molecule has 15 heteroatoms. The molecule has 276 valence electrons. The fourth-order valence-electron chi connectivity index (χ4n) is 8.21. The number of hydrogen-bond donors (Lipinski definition) is 4. The van der Waals surface area contributed by atoms with Crippen LogP contribution in [0.4, 0.5) is 30.4 Å². The first-order valence-electron chi connectivity index (χ1n) is 17.7. The van der Waals surface area contributed by atoms with Gasteiger partial charge < -0.3 is 30.7 Å². The van der Waals surface area contributed by atoms with Crippen molar-refractivity contribution in [3.8, 4) is 11.3 Å². The van der Waals surface area contributed by atoms with Crippen LogP contribution in [-0.2, 0) is 22.4 Å². The number of benzene rings is 1. The van der Waals surface area contributed by atoms with E-state index in [1.54, 1.807) is 17.8 Å². The molecule has 0 unspecified atom stereocenters. The van der Waals surface area contributed by atoms with Crippen molar-refractivity contribution in [3.05, 3.63) is 65.6 Å². The van der Waals surface area contributed by atoms with Crippen LogP contribution in [-0.4, -0.2) is 88.7 Å². The molecule has 12 nitrogen and oxygen atoms in total. The van der Waals surface area contributed by atoms with Gasteiger partial charge in [0.2, 0.25) is 0 Å². The maximum Gasteiger partial charge on any atom is 0.490 e. The van der Waals surface area contributed by atoms with E-state index in [4.69, 9.17) is 24.7 Å². The molecule has 3 fully saturated rings. The largest absolute Gasteiger partial charge is 0.490 e. The van der Waals surface area contributed by atoms with Crippen molar-refractivity contribution in [3.63, 3.8) is 0 Å². The maximum atomic E-state index is 13.3. The molecule has 5 heterocycles. The van der Waals surface area contributed by atoms with Crippen LogP contribution in [0.1, 0.15) is 60.1 Å². The lowest BCUT2D eigenvalue weighted by molar-refractivity contribution is -0.192. The molecule has 2 saturated carbocycles. The maximum absolute atomic E-state index is 13.3. The van der Waals surface area contributed by atoms with Gasteiger partial charge in [0.1, 0.15) is 0 Å². The van der Waals surface area contributed by atoms with E-state index in [0.717, 1.165) is 61.0 Å². The summed E-state index contributed by atoms with van der Waals surface area (Å²) in [5.74, 6) is -1.39. The number of methoxy groups -OCH3 is 1. The topological polar surface area (TPSA) is 146 Å². The van der Waals surface area contributed by atoms with Gasteiger partial charge in [0.05, 0.1) is 29.7 Å². The van der Waals surface area contributed by atoms with E-state index < -0.39 is 12.1 Å². The van der Waals surface area contributed by atoms with Crippen LogP contribution in [0.15, 0.2) is 48.8 Å². The molecule has 2 aliphatic carbocycles. The number of aromatic nitrogens is 4. The van der Waals surface area contributed by atoms with Gasteiger partial charge in [0.25, 0.3) is 5.91 Å². The van der Waals surface area contributed by atoms with Crippen molar-refractivity contribution in [2.75, 3.05) is 44.0 Å². The summed E-state index contributed by atoms with van der Waals surface area (Å²) in [5.41, 5.74) is 8.38. The molecule has 0 bridgehead atoms. The van der Waals surface area contributed by atoms with Gasteiger partial charge in [-0.25, -0.2) is 14.3 Å². The fourth-order valence-corrected chi connectivity index (χ4v) is 8.21. The highest BCUT2D eigenvalue weighted by Gasteiger charge is 2.44. The summed E-state index contributed by atoms with van der Waals surface area (Å²) in [6.45, 7) is 3.15. The minimum atomic E-state index is -5.08. The van der Waals surface area contributed by atoms with Crippen LogP contribution in [0.5, 0.6) is 0 Å². The molecule has 0 radical (unpaired) electrons. The Morgan fingerprint density at radius 3 is 2.50 bits per heavy atom. The smallest absolute Gasteiger partial charge is 0.475 e. The summed E-state index contributed by atoms with van der Waals surface area (Å²) in [6, 6.07) is 12.9. The minimum absolute atomic E-state index is 0.0104. The molecule has 4 N–H and O–H groups in total. The summed E-state index contributed by atoms with van der Waals surface area (Å²) < 4.78 is 38.9. The molecule has 3 aromatic heterocycles. The monoisotopic (exact) mass is 720 g/mol. The standard InChI is InChI=1S/C35H42N8O2.C2HF3O2/c1-36-28-17-32(41-43-30(21-39-33(28)43)34(44)40-27-8-9-31(27)45-2)42-15-10-25-24(4-3-5-29(25)42)26-7-6-22(20-38-26)16-23-18-35(19-23)11-13-37-14-12-35;3-2(4,5)1(6)7/h3-7,17,20-21,23,27,31,36-37H,8-16,18-19H2,1-2H3,(H,40,44);(H,6,7)/t27-,31-;/m1./s1. The molecule has 8 rings (SSSR count). The predicted octanol–water partition coefficient (Wildman–Crippen LogP) is 5.39. The van der Waals surface area contributed by atoms with Crippen LogP contribution >= 0.6 is 0 Å². The molecule has 1 aromatic carbocycles. The van der Waals surface area contributed by atoms with Gasteiger partial charge in [-0.05, 0) is 99.0 Å². The van der Waals surface area contributed by atoms with E-state index >= 15 is 0 Å². The van der Waals surface area contributed by atoms with Crippen molar-refractivity contribution in [1.82, 2.24) is 30.2 Å². The number of imidazole rings is 1. The Morgan fingerprint density at radius 1 is 1.10 bits per heavy atom. The molecular weight excluding hydrogens is 677 g/mol. The number of alkyl halides is 3. The Balaban J connectivity index is 0.000000548. The molecule has 2 atom stereocenters. The first-order valence-corrected chi connectivity index (χ1v) is 17.7. The first-order chi connectivity index (χ1) is 25.0. The Labute approximate surface area is 299 Å². The zero-order valence-electron chi connectivity index (χ0n) is 29.2. The Hall–Kier alpha value is -4.76. The molecule has 1 saturated heterocycles. The van der Waals surface area contributed by atoms with Gasteiger partial charge in [0.15, 0.2) is 17.2 Å². The number of nitrogens with one attached hydrogen (secondary N) is 3. The van der Waals surface area contributed by atoms with E-state index in [-0.39, 0.29) is 18.1 Å². The van der Waals surface area contributed by atoms with Crippen molar-refractivity contribution in [2.24, 2.45) is 11.3 Å². The van der Waals surface area contributed by atoms with E-state index in [1.807, 2.05) is 13.1 Å². The van der Waals surface area contributed by atoms with Gasteiger partial charge >= 0.3 is 12.1 Å². The van der Waals surface area contributed by atoms with E-state index in [0.29, 0.717) is 16.8 Å². The number of carbonyl (C=O) groups is 2. The van der Waals surface area contributed by atoms with Gasteiger partial charge in [-0.2, -0.15) is 13.2 Å². The van der Waals surface area contributed by atoms with Crippen LogP contribution < -0.4 is 20.9 Å². The second kappa shape index (κ2) is 14.3. The number of anilines is 3. The average Bonchev–Trinajstić information content (AvgIpc) is 3.75. The van der Waals surface area contributed by atoms with Crippen LogP contribution in [0, 0.1) is 11.3 Å². The molecule has 1 spiro atoms. The quantitative estimate of drug-likeness (QED) is 0.187. The zero-order chi connectivity index (χ0) is 36.6. The number of halogens is 3. The lowest BCUT2D eigenvalue weighted by Crippen LogP contribution is -2.51. The molecule has 2 aliphatic heterocycles. The number of nitrogens with zero attached hydrogens (tertiary/aromatic N) is 5. The Kier molecular flexibility index (Phi) is 9.83. The lowest BCUT2D eigenvalue weighted by Gasteiger charge is -2.50. The first kappa shape index (κ1) is 35.6. The van der Waals surface area contributed by atoms with Gasteiger partial charge in [-0.15, -0.1) is 5.10 Å². The van der Waals surface area contributed by atoms with Crippen LogP contribution in [0.2, 0.25) is 0 Å². The van der Waals surface area contributed by atoms with Gasteiger partial charge in [0, 0.05) is 44.2 Å². The number of pyridine rings is 1. The summed E-state index contributed by atoms with van der Waals surface area (Å²) in [5, 5.41) is 22.0. The highest BCUT2D eigenvalue weighted by Crippen LogP contribution is 2.52. The van der Waals surface area contributed by atoms with Crippen molar-refractivity contribution < 1.29 is 32.6 Å². The summed E-state index contributed by atoms with van der Waals surface area (Å²) in [6.07, 6.45) is 7.96. The van der Waals surface area contributed by atoms with Crippen LogP contribution in [0.3, 0.4) is 0 Å². The fraction of sp³-hybridized carbons (Fsp3) is 0.486. The summed E-state index contributed by atoms with van der Waals surface area (Å²) in [4.78, 5) is 33.9. The highest BCUT2D eigenvalue weighted by molar-refractivity contribution is 5.94. The van der Waals surface area contributed by atoms with Gasteiger partial charge in [-0.3, -0.25) is 9.78 Å². The van der Waals surface area contributed by atoms with Crippen molar-refractivity contribution in [2.45, 2.75) is 69.7 Å². The molecule has 1 amide bonds. The number of carbonyl (C=O) groups excluding carboxylic acids is 1. The molecular formula is C37H43F3N8O4. The number of ether oxygens (including phenoxy) is 1. The van der Waals surface area contributed by atoms with Crippen LogP contribution in [0.25, 0.3) is 16.9 Å². The second-order valence-corrected chi connectivity index (χ2v) is 14.3. The number of carboxylic acids is 1. The summed E-state index contributed by atoms with van der Waals surface area (Å²) in [7, 11) is 3.56. The molecule has 52 heavy (non-hydrogen) atoms. The number of rotatable bonds is 8. The number of piperidine rings is 1. The third-order valence-corrected chi connectivity index (χ3v) is 11.1. The predicted molar refractivity (Wildman–Crippen MR) is 189 cm³/mol. The van der Waals surface area contributed by atoms with Gasteiger partial charge in [-0.1, -0.05) is 18.2 Å². The third-order valence-electron chi connectivity index (χ3n) is 11.1. The Morgan fingerprint density at radius 2 is 1.87 bits per heavy atom. The SMILES string of the molecule is CNc1cc(N2CCc3c(-c4ccc(CC5CC6(CCNCC6)C5)cn4)cccc32)nn2c(C(=O)N[C@@H]3CC[C@H]3OC)cnc12.O=C(O)C(F)(F)F. The number of amides is 1. The number of carboxylic acid groups (broad SMARTS) is 1.